The molecule has 146 valence electrons. The monoisotopic (exact) mass is 381 g/mol. The Morgan fingerprint density at radius 1 is 1.04 bits per heavy atom. The van der Waals surface area contributed by atoms with Crippen molar-refractivity contribution in [3.63, 3.8) is 0 Å². The first-order valence-electron chi connectivity index (χ1n) is 9.60. The summed E-state index contributed by atoms with van der Waals surface area (Å²) in [6.07, 6.45) is 0.416. The number of aliphatic carboxylic acids is 1. The molecule has 1 aliphatic heterocycles. The molecule has 6 nitrogen and oxygen atoms in total. The lowest BCUT2D eigenvalue weighted by atomic mass is 9.98. The maximum absolute atomic E-state index is 12.2. The number of hydrogen-bond donors (Lipinski definition) is 2. The Bertz CT molecular complexity index is 835. The van der Waals surface area contributed by atoms with Gasteiger partial charge in [-0.15, -0.1) is 0 Å². The van der Waals surface area contributed by atoms with E-state index >= 15 is 0 Å². The Hall–Kier alpha value is -2.86. The van der Waals surface area contributed by atoms with E-state index in [1.54, 1.807) is 0 Å². The van der Waals surface area contributed by atoms with Crippen LogP contribution in [0.2, 0.25) is 0 Å². The number of alkyl carbamates (subject to hydrolysis) is 1. The Morgan fingerprint density at radius 2 is 1.68 bits per heavy atom. The molecule has 1 fully saturated rings. The fraction of sp³-hybridized carbons (Fsp3) is 0.364. The maximum atomic E-state index is 12.2. The summed E-state index contributed by atoms with van der Waals surface area (Å²) < 4.78 is 11.0. The van der Waals surface area contributed by atoms with Crippen LogP contribution in [0.25, 0.3) is 11.1 Å². The number of carbonyl (C=O) groups is 2. The van der Waals surface area contributed by atoms with E-state index in [2.05, 4.69) is 29.6 Å². The zero-order chi connectivity index (χ0) is 19.5. The average molecular weight is 381 g/mol. The smallest absolute Gasteiger partial charge is 0.407 e. The van der Waals surface area contributed by atoms with Crippen molar-refractivity contribution in [1.82, 2.24) is 5.32 Å². The van der Waals surface area contributed by atoms with E-state index in [9.17, 15) is 9.59 Å². The van der Waals surface area contributed by atoms with Crippen molar-refractivity contribution in [2.24, 2.45) is 0 Å². The lowest BCUT2D eigenvalue weighted by Gasteiger charge is -2.27. The van der Waals surface area contributed by atoms with Crippen molar-refractivity contribution in [3.8, 4) is 11.1 Å². The van der Waals surface area contributed by atoms with Crippen LogP contribution >= 0.6 is 0 Å². The molecule has 0 unspecified atom stereocenters. The predicted molar refractivity (Wildman–Crippen MR) is 103 cm³/mol. The van der Waals surface area contributed by atoms with Gasteiger partial charge in [-0.3, -0.25) is 0 Å². The minimum atomic E-state index is -0.953. The molecule has 2 atom stereocenters. The molecule has 2 aromatic rings. The van der Waals surface area contributed by atoms with Crippen LogP contribution in [0.5, 0.6) is 0 Å². The number of carbonyl (C=O) groups excluding carboxylic acids is 1. The Balaban J connectivity index is 1.33. The van der Waals surface area contributed by atoms with Gasteiger partial charge < -0.3 is 19.9 Å². The summed E-state index contributed by atoms with van der Waals surface area (Å²) in [5.74, 6) is -0.939. The van der Waals surface area contributed by atoms with Crippen molar-refractivity contribution < 1.29 is 24.2 Å². The molecule has 0 spiro atoms. The third-order valence-corrected chi connectivity index (χ3v) is 5.44. The number of carboxylic acids is 1. The van der Waals surface area contributed by atoms with E-state index in [-0.39, 0.29) is 25.2 Å². The van der Waals surface area contributed by atoms with Crippen LogP contribution in [0.1, 0.15) is 36.3 Å². The second-order valence-corrected chi connectivity index (χ2v) is 7.22. The Morgan fingerprint density at radius 3 is 2.32 bits per heavy atom. The fourth-order valence-corrected chi connectivity index (χ4v) is 4.08. The lowest BCUT2D eigenvalue weighted by molar-refractivity contribution is -0.158. The van der Waals surface area contributed by atoms with Crippen molar-refractivity contribution in [2.45, 2.75) is 37.4 Å². The first kappa shape index (κ1) is 18.5. The molecule has 1 heterocycles. The molecule has 2 aliphatic rings. The van der Waals surface area contributed by atoms with Crippen LogP contribution in [0.15, 0.2) is 48.5 Å². The third kappa shape index (κ3) is 3.73. The fourth-order valence-electron chi connectivity index (χ4n) is 4.08. The number of ether oxygens (including phenoxy) is 2. The largest absolute Gasteiger partial charge is 0.479 e. The molecular formula is C22H23NO5. The highest BCUT2D eigenvalue weighted by Crippen LogP contribution is 2.44. The van der Waals surface area contributed by atoms with Crippen molar-refractivity contribution in [2.75, 3.05) is 13.2 Å². The molecule has 1 aliphatic carbocycles. The van der Waals surface area contributed by atoms with Crippen molar-refractivity contribution in [1.29, 1.82) is 0 Å². The second kappa shape index (κ2) is 8.02. The molecule has 1 amide bonds. The number of fused-ring (bicyclic) bond motifs is 3. The van der Waals surface area contributed by atoms with Gasteiger partial charge in [0, 0.05) is 12.5 Å². The first-order chi connectivity index (χ1) is 13.6. The third-order valence-electron chi connectivity index (χ3n) is 5.44. The summed E-state index contributed by atoms with van der Waals surface area (Å²) in [5, 5.41) is 11.8. The molecule has 0 radical (unpaired) electrons. The van der Waals surface area contributed by atoms with E-state index in [1.165, 1.54) is 11.1 Å². The molecule has 2 N–H and O–H groups in total. The number of amides is 1. The van der Waals surface area contributed by atoms with Crippen LogP contribution in [0.3, 0.4) is 0 Å². The first-order valence-corrected chi connectivity index (χ1v) is 9.60. The predicted octanol–water partition coefficient (Wildman–Crippen LogP) is 3.55. The van der Waals surface area contributed by atoms with Crippen LogP contribution in [-0.4, -0.2) is 42.5 Å². The lowest BCUT2D eigenvalue weighted by Crippen LogP contribution is -2.41. The second-order valence-electron chi connectivity index (χ2n) is 7.22. The number of rotatable bonds is 5. The molecule has 2 aromatic carbocycles. The van der Waals surface area contributed by atoms with Crippen LogP contribution in [0.4, 0.5) is 4.79 Å². The Labute approximate surface area is 163 Å². The van der Waals surface area contributed by atoms with E-state index in [0.29, 0.717) is 6.42 Å². The van der Waals surface area contributed by atoms with Crippen LogP contribution in [-0.2, 0) is 14.3 Å². The number of benzene rings is 2. The summed E-state index contributed by atoms with van der Waals surface area (Å²) >= 11 is 0. The molecule has 28 heavy (non-hydrogen) atoms. The van der Waals surface area contributed by atoms with Gasteiger partial charge in [-0.1, -0.05) is 48.5 Å². The van der Waals surface area contributed by atoms with Crippen molar-refractivity contribution in [3.05, 3.63) is 59.7 Å². The van der Waals surface area contributed by atoms with Crippen molar-refractivity contribution >= 4 is 12.1 Å². The highest BCUT2D eigenvalue weighted by atomic mass is 16.6. The minimum absolute atomic E-state index is 0.0143. The van der Waals surface area contributed by atoms with Gasteiger partial charge in [0.25, 0.3) is 0 Å². The van der Waals surface area contributed by atoms with E-state index in [0.717, 1.165) is 24.0 Å². The molecule has 1 saturated heterocycles. The van der Waals surface area contributed by atoms with E-state index < -0.39 is 18.2 Å². The van der Waals surface area contributed by atoms with Crippen LogP contribution in [0, 0.1) is 0 Å². The molecular weight excluding hydrogens is 358 g/mol. The topological polar surface area (TPSA) is 84.9 Å². The van der Waals surface area contributed by atoms with Gasteiger partial charge in [0.1, 0.15) is 6.61 Å². The zero-order valence-corrected chi connectivity index (χ0v) is 15.5. The number of carboxylic acid groups (broad SMARTS) is 1. The molecule has 4 rings (SSSR count). The molecule has 6 heteroatoms. The summed E-state index contributed by atoms with van der Waals surface area (Å²) in [5.41, 5.74) is 4.69. The summed E-state index contributed by atoms with van der Waals surface area (Å²) in [4.78, 5) is 23.2. The standard InChI is InChI=1S/C22H23NO5/c24-21(25)20-11-5-6-14(28-20)12-23-22(26)27-13-19-17-9-3-1-7-15(17)16-8-2-4-10-18(16)19/h1-4,7-10,14,19-20H,5-6,11-13H2,(H,23,26)(H,24,25)/t14-,20-/m0/s1. The normalized spacial score (nSPS) is 20.9. The number of hydrogen-bond acceptors (Lipinski definition) is 4. The average Bonchev–Trinajstić information content (AvgIpc) is 3.05. The van der Waals surface area contributed by atoms with Gasteiger partial charge in [0.05, 0.1) is 6.10 Å². The van der Waals surface area contributed by atoms with E-state index in [1.807, 2.05) is 24.3 Å². The van der Waals surface area contributed by atoms with Gasteiger partial charge >= 0.3 is 12.1 Å². The minimum Gasteiger partial charge on any atom is -0.479 e. The summed E-state index contributed by atoms with van der Waals surface area (Å²) in [6.45, 7) is 0.504. The van der Waals surface area contributed by atoms with Gasteiger partial charge in [0.15, 0.2) is 6.10 Å². The zero-order valence-electron chi connectivity index (χ0n) is 15.5. The van der Waals surface area contributed by atoms with Crippen LogP contribution < -0.4 is 5.32 Å². The summed E-state index contributed by atoms with van der Waals surface area (Å²) in [7, 11) is 0. The Kier molecular flexibility index (Phi) is 5.30. The highest BCUT2D eigenvalue weighted by Gasteiger charge is 2.30. The molecule has 0 aromatic heterocycles. The van der Waals surface area contributed by atoms with Gasteiger partial charge in [-0.05, 0) is 41.5 Å². The summed E-state index contributed by atoms with van der Waals surface area (Å²) in [6, 6.07) is 16.3. The quantitative estimate of drug-likeness (QED) is 0.827. The number of nitrogens with one attached hydrogen (secondary N) is 1. The maximum Gasteiger partial charge on any atom is 0.407 e. The van der Waals surface area contributed by atoms with Gasteiger partial charge in [0.2, 0.25) is 0 Å². The van der Waals surface area contributed by atoms with Gasteiger partial charge in [-0.25, -0.2) is 9.59 Å². The SMILES string of the molecule is O=C(NC[C@@H]1CCC[C@@H](C(=O)O)O1)OCC1c2ccccc2-c2ccccc21. The van der Waals surface area contributed by atoms with Gasteiger partial charge in [-0.2, -0.15) is 0 Å². The van der Waals surface area contributed by atoms with E-state index in [4.69, 9.17) is 14.6 Å². The highest BCUT2D eigenvalue weighted by molar-refractivity contribution is 5.79. The molecule has 0 bridgehead atoms. The molecule has 0 saturated carbocycles.